The first-order valence-electron chi connectivity index (χ1n) is 12.4. The number of anilines is 2. The zero-order chi connectivity index (χ0) is 25.4. The highest BCUT2D eigenvalue weighted by Crippen LogP contribution is 2.30. The van der Waals surface area contributed by atoms with Crippen molar-refractivity contribution in [3.63, 3.8) is 0 Å². The molecule has 0 unspecified atom stereocenters. The van der Waals surface area contributed by atoms with Crippen LogP contribution < -0.4 is 10.2 Å². The molecule has 0 spiro atoms. The molecule has 35 heavy (non-hydrogen) atoms. The first kappa shape index (κ1) is 27.1. The number of hydrogen-bond donors (Lipinski definition) is 1. The van der Waals surface area contributed by atoms with Crippen LogP contribution in [0.15, 0.2) is 47.4 Å². The minimum atomic E-state index is -3.59. The van der Waals surface area contributed by atoms with Crippen LogP contribution in [-0.2, 0) is 10.0 Å². The fraction of sp³-hybridized carbons (Fsp3) is 0.462. The number of thiazole rings is 1. The SMILES string of the molecule is CCCCN(CCCC)S(=O)(=O)c1ccc2nc(NC(=O)c3ccc(N(CC)CC)cc3)sc2c1. The lowest BCUT2D eigenvalue weighted by molar-refractivity contribution is 0.102. The molecule has 3 rings (SSSR count). The summed E-state index contributed by atoms with van der Waals surface area (Å²) in [6.45, 7) is 11.2. The second kappa shape index (κ2) is 12.5. The number of nitrogens with zero attached hydrogens (tertiary/aromatic N) is 3. The average molecular weight is 517 g/mol. The topological polar surface area (TPSA) is 82.6 Å². The van der Waals surface area contributed by atoms with E-state index >= 15 is 0 Å². The van der Waals surface area contributed by atoms with Gasteiger partial charge in [-0.25, -0.2) is 13.4 Å². The van der Waals surface area contributed by atoms with Gasteiger partial charge in [0.25, 0.3) is 5.91 Å². The Labute approximate surface area is 213 Å². The van der Waals surface area contributed by atoms with Crippen LogP contribution in [-0.4, -0.2) is 49.8 Å². The number of rotatable bonds is 13. The summed E-state index contributed by atoms with van der Waals surface area (Å²) < 4.78 is 28.9. The summed E-state index contributed by atoms with van der Waals surface area (Å²) in [7, 11) is -3.59. The van der Waals surface area contributed by atoms with Gasteiger partial charge >= 0.3 is 0 Å². The molecule has 2 aromatic carbocycles. The molecule has 1 heterocycles. The number of nitrogens with one attached hydrogen (secondary N) is 1. The lowest BCUT2D eigenvalue weighted by atomic mass is 10.2. The molecule has 190 valence electrons. The summed E-state index contributed by atoms with van der Waals surface area (Å²) in [5.74, 6) is -0.242. The highest BCUT2D eigenvalue weighted by Gasteiger charge is 2.24. The number of carbonyl (C=O) groups excluding carboxylic acids is 1. The van der Waals surface area contributed by atoms with Crippen molar-refractivity contribution in [1.82, 2.24) is 9.29 Å². The number of aromatic nitrogens is 1. The van der Waals surface area contributed by atoms with Crippen LogP contribution in [0, 0.1) is 0 Å². The van der Waals surface area contributed by atoms with Gasteiger partial charge < -0.3 is 4.90 Å². The normalized spacial score (nSPS) is 11.8. The molecule has 0 atom stereocenters. The van der Waals surface area contributed by atoms with Crippen molar-refractivity contribution in [1.29, 1.82) is 0 Å². The van der Waals surface area contributed by atoms with Crippen molar-refractivity contribution < 1.29 is 13.2 Å². The maximum absolute atomic E-state index is 13.3. The first-order chi connectivity index (χ1) is 16.8. The highest BCUT2D eigenvalue weighted by atomic mass is 32.2. The summed E-state index contributed by atoms with van der Waals surface area (Å²) in [5.41, 5.74) is 2.29. The third kappa shape index (κ3) is 6.59. The van der Waals surface area contributed by atoms with Crippen molar-refractivity contribution in [2.45, 2.75) is 58.3 Å². The van der Waals surface area contributed by atoms with Crippen molar-refractivity contribution in [2.24, 2.45) is 0 Å². The van der Waals surface area contributed by atoms with E-state index in [0.717, 1.165) is 49.2 Å². The summed E-state index contributed by atoms with van der Waals surface area (Å²) >= 11 is 1.28. The van der Waals surface area contributed by atoms with Crippen LogP contribution >= 0.6 is 11.3 Å². The summed E-state index contributed by atoms with van der Waals surface area (Å²) in [5, 5.41) is 3.30. The molecule has 0 fully saturated rings. The first-order valence-corrected chi connectivity index (χ1v) is 14.7. The Morgan fingerprint density at radius 3 is 2.14 bits per heavy atom. The van der Waals surface area contributed by atoms with E-state index in [9.17, 15) is 13.2 Å². The van der Waals surface area contributed by atoms with Crippen LogP contribution in [0.4, 0.5) is 10.8 Å². The van der Waals surface area contributed by atoms with Gasteiger partial charge in [0.2, 0.25) is 10.0 Å². The Balaban J connectivity index is 1.78. The van der Waals surface area contributed by atoms with E-state index in [2.05, 4.69) is 42.9 Å². The second-order valence-electron chi connectivity index (χ2n) is 8.43. The molecular weight excluding hydrogens is 480 g/mol. The van der Waals surface area contributed by atoms with E-state index in [4.69, 9.17) is 0 Å². The molecule has 0 bridgehead atoms. The van der Waals surface area contributed by atoms with Gasteiger partial charge in [-0.15, -0.1) is 0 Å². The minimum absolute atomic E-state index is 0.242. The standard InChI is InChI=1S/C26H36N4O3S2/c1-5-9-17-30(18-10-6-2)35(32,33)22-15-16-23-24(19-22)34-26(27-23)28-25(31)20-11-13-21(14-12-20)29(7-3)8-4/h11-16,19H,5-10,17-18H2,1-4H3,(H,27,28,31). The van der Waals surface area contributed by atoms with E-state index < -0.39 is 10.0 Å². The van der Waals surface area contributed by atoms with E-state index in [0.29, 0.717) is 29.3 Å². The van der Waals surface area contributed by atoms with Crippen molar-refractivity contribution in [3.05, 3.63) is 48.0 Å². The summed E-state index contributed by atoms with van der Waals surface area (Å²) in [6.07, 6.45) is 3.54. The third-order valence-electron chi connectivity index (χ3n) is 6.00. The van der Waals surface area contributed by atoms with E-state index in [1.54, 1.807) is 22.5 Å². The number of sulfonamides is 1. The zero-order valence-electron chi connectivity index (χ0n) is 21.1. The molecule has 0 saturated carbocycles. The van der Waals surface area contributed by atoms with Gasteiger partial charge in [-0.05, 0) is 69.2 Å². The maximum Gasteiger partial charge on any atom is 0.257 e. The molecule has 0 radical (unpaired) electrons. The number of hydrogen-bond acceptors (Lipinski definition) is 6. The Bertz CT molecular complexity index is 1210. The monoisotopic (exact) mass is 516 g/mol. The zero-order valence-corrected chi connectivity index (χ0v) is 22.7. The number of unbranched alkanes of at least 4 members (excludes halogenated alkanes) is 2. The molecule has 7 nitrogen and oxygen atoms in total. The van der Waals surface area contributed by atoms with Gasteiger partial charge in [0.15, 0.2) is 5.13 Å². The Kier molecular flexibility index (Phi) is 9.65. The lowest BCUT2D eigenvalue weighted by Crippen LogP contribution is -2.33. The molecule has 0 aliphatic carbocycles. The van der Waals surface area contributed by atoms with Gasteiger partial charge in [0.1, 0.15) is 0 Å². The van der Waals surface area contributed by atoms with E-state index in [-0.39, 0.29) is 10.8 Å². The Morgan fingerprint density at radius 1 is 0.943 bits per heavy atom. The van der Waals surface area contributed by atoms with Gasteiger partial charge in [0.05, 0.1) is 15.1 Å². The van der Waals surface area contributed by atoms with Crippen LogP contribution in [0.3, 0.4) is 0 Å². The highest BCUT2D eigenvalue weighted by molar-refractivity contribution is 7.89. The van der Waals surface area contributed by atoms with Crippen LogP contribution in [0.1, 0.15) is 63.7 Å². The molecular formula is C26H36N4O3S2. The molecule has 1 aromatic heterocycles. The molecule has 0 saturated heterocycles. The molecule has 1 amide bonds. The molecule has 3 aromatic rings. The van der Waals surface area contributed by atoms with Gasteiger partial charge in [-0.3, -0.25) is 10.1 Å². The number of carbonyl (C=O) groups is 1. The maximum atomic E-state index is 13.3. The quantitative estimate of drug-likeness (QED) is 0.302. The predicted octanol–water partition coefficient (Wildman–Crippen LogP) is 5.99. The van der Waals surface area contributed by atoms with Gasteiger partial charge in [0, 0.05) is 37.4 Å². The smallest absolute Gasteiger partial charge is 0.257 e. The minimum Gasteiger partial charge on any atom is -0.372 e. The number of fused-ring (bicyclic) bond motifs is 1. The number of amides is 1. The largest absolute Gasteiger partial charge is 0.372 e. The van der Waals surface area contributed by atoms with Crippen molar-refractivity contribution in [3.8, 4) is 0 Å². The third-order valence-corrected chi connectivity index (χ3v) is 8.83. The molecule has 0 aliphatic heterocycles. The number of benzene rings is 2. The fourth-order valence-corrected chi connectivity index (χ4v) is 6.39. The van der Waals surface area contributed by atoms with Gasteiger partial charge in [-0.1, -0.05) is 38.0 Å². The van der Waals surface area contributed by atoms with Gasteiger partial charge in [-0.2, -0.15) is 4.31 Å². The van der Waals surface area contributed by atoms with Crippen LogP contribution in [0.5, 0.6) is 0 Å². The average Bonchev–Trinajstić information content (AvgIpc) is 3.26. The van der Waals surface area contributed by atoms with Crippen LogP contribution in [0.25, 0.3) is 10.2 Å². The predicted molar refractivity (Wildman–Crippen MR) is 146 cm³/mol. The molecule has 9 heteroatoms. The van der Waals surface area contributed by atoms with Crippen molar-refractivity contribution >= 4 is 48.3 Å². The second-order valence-corrected chi connectivity index (χ2v) is 11.4. The Morgan fingerprint density at radius 2 is 1.57 bits per heavy atom. The van der Waals surface area contributed by atoms with Crippen LogP contribution in [0.2, 0.25) is 0 Å². The lowest BCUT2D eigenvalue weighted by Gasteiger charge is -2.21. The fourth-order valence-electron chi connectivity index (χ4n) is 3.87. The Hall–Kier alpha value is -2.49. The van der Waals surface area contributed by atoms with E-state index in [1.807, 2.05) is 24.3 Å². The summed E-state index contributed by atoms with van der Waals surface area (Å²) in [4.78, 5) is 19.7. The van der Waals surface area contributed by atoms with E-state index in [1.165, 1.54) is 11.3 Å². The molecule has 1 N–H and O–H groups in total. The molecule has 0 aliphatic rings. The summed E-state index contributed by atoms with van der Waals surface area (Å²) in [6, 6.07) is 12.5. The van der Waals surface area contributed by atoms with Crippen molar-refractivity contribution in [2.75, 3.05) is 36.4 Å².